The summed E-state index contributed by atoms with van der Waals surface area (Å²) in [4.78, 5) is 25.0. The third-order valence-corrected chi connectivity index (χ3v) is 4.88. The van der Waals surface area contributed by atoms with E-state index in [-0.39, 0.29) is 23.0 Å². The van der Waals surface area contributed by atoms with Crippen molar-refractivity contribution in [3.63, 3.8) is 0 Å². The Morgan fingerprint density at radius 1 is 1.07 bits per heavy atom. The zero-order chi connectivity index (χ0) is 19.7. The number of benzene rings is 2. The predicted octanol–water partition coefficient (Wildman–Crippen LogP) is 3.98. The van der Waals surface area contributed by atoms with Gasteiger partial charge in [-0.2, -0.15) is 5.10 Å². The fraction of sp³-hybridized carbons (Fsp3) is 0.190. The first-order valence-corrected chi connectivity index (χ1v) is 9.43. The Morgan fingerprint density at radius 2 is 1.82 bits per heavy atom. The van der Waals surface area contributed by atoms with Crippen LogP contribution in [0.5, 0.6) is 0 Å². The quantitative estimate of drug-likeness (QED) is 0.687. The standard InChI is InChI=1S/C21H19ClN4O2/c1-13-18(19(22)26(25-13)17-8-3-2-4-9-17)21(28)24-16-7-5-6-14(12-16)20(27)23-15-10-11-15/h2-9,12,15H,10-11H2,1H3,(H,23,27)(H,24,28). The molecule has 4 rings (SSSR count). The van der Waals surface area contributed by atoms with E-state index in [9.17, 15) is 9.59 Å². The van der Waals surface area contributed by atoms with Gasteiger partial charge in [0.25, 0.3) is 11.8 Å². The molecule has 3 aromatic rings. The highest BCUT2D eigenvalue weighted by Crippen LogP contribution is 2.25. The van der Waals surface area contributed by atoms with Crippen molar-refractivity contribution in [3.05, 3.63) is 76.6 Å². The first-order chi connectivity index (χ1) is 13.5. The van der Waals surface area contributed by atoms with Gasteiger partial charge >= 0.3 is 0 Å². The number of aromatic nitrogens is 2. The van der Waals surface area contributed by atoms with Crippen LogP contribution in [0.1, 0.15) is 39.3 Å². The number of carbonyl (C=O) groups is 2. The van der Waals surface area contributed by atoms with Crippen LogP contribution in [0, 0.1) is 6.92 Å². The van der Waals surface area contributed by atoms with Crippen molar-refractivity contribution in [2.75, 3.05) is 5.32 Å². The Balaban J connectivity index is 1.56. The molecule has 1 aliphatic rings. The topological polar surface area (TPSA) is 76.0 Å². The molecule has 0 bridgehead atoms. The van der Waals surface area contributed by atoms with Crippen molar-refractivity contribution in [1.82, 2.24) is 15.1 Å². The number of carbonyl (C=O) groups excluding carboxylic acids is 2. The van der Waals surface area contributed by atoms with Gasteiger partial charge in [-0.1, -0.05) is 35.9 Å². The second-order valence-corrected chi connectivity index (χ2v) is 7.14. The van der Waals surface area contributed by atoms with E-state index < -0.39 is 0 Å². The Hall–Kier alpha value is -3.12. The SMILES string of the molecule is Cc1nn(-c2ccccc2)c(Cl)c1C(=O)Nc1cccc(C(=O)NC2CC2)c1. The largest absolute Gasteiger partial charge is 0.349 e. The summed E-state index contributed by atoms with van der Waals surface area (Å²) in [6, 6.07) is 16.5. The molecule has 2 aromatic carbocycles. The number of nitrogens with zero attached hydrogens (tertiary/aromatic N) is 2. The Bertz CT molecular complexity index is 1040. The maximum absolute atomic E-state index is 12.8. The number of aryl methyl sites for hydroxylation is 1. The molecule has 1 saturated carbocycles. The van der Waals surface area contributed by atoms with E-state index in [0.717, 1.165) is 18.5 Å². The summed E-state index contributed by atoms with van der Waals surface area (Å²) in [6.07, 6.45) is 2.04. The lowest BCUT2D eigenvalue weighted by Crippen LogP contribution is -2.25. The van der Waals surface area contributed by atoms with Gasteiger partial charge in [-0.05, 0) is 50.1 Å². The van der Waals surface area contributed by atoms with Crippen molar-refractivity contribution in [2.24, 2.45) is 0 Å². The smallest absolute Gasteiger partial charge is 0.260 e. The fourth-order valence-corrected chi connectivity index (χ4v) is 3.28. The number of nitrogens with one attached hydrogen (secondary N) is 2. The van der Waals surface area contributed by atoms with Gasteiger partial charge < -0.3 is 10.6 Å². The molecular weight excluding hydrogens is 376 g/mol. The third-order valence-electron chi connectivity index (χ3n) is 4.53. The maximum Gasteiger partial charge on any atom is 0.260 e. The van der Waals surface area contributed by atoms with Crippen molar-refractivity contribution in [2.45, 2.75) is 25.8 Å². The van der Waals surface area contributed by atoms with Crippen LogP contribution in [0.3, 0.4) is 0 Å². The van der Waals surface area contributed by atoms with Gasteiger partial charge in [0.15, 0.2) is 0 Å². The second-order valence-electron chi connectivity index (χ2n) is 6.78. The van der Waals surface area contributed by atoms with Gasteiger partial charge in [-0.3, -0.25) is 9.59 Å². The van der Waals surface area contributed by atoms with Crippen LogP contribution in [0.15, 0.2) is 54.6 Å². The fourth-order valence-electron chi connectivity index (χ4n) is 2.93. The number of anilines is 1. The molecule has 1 aliphatic carbocycles. The van der Waals surface area contributed by atoms with Crippen LogP contribution in [-0.4, -0.2) is 27.6 Å². The molecule has 6 nitrogen and oxygen atoms in total. The number of hydrogen-bond donors (Lipinski definition) is 2. The molecule has 2 N–H and O–H groups in total. The summed E-state index contributed by atoms with van der Waals surface area (Å²) in [6.45, 7) is 1.74. The lowest BCUT2D eigenvalue weighted by Gasteiger charge is -2.08. The Morgan fingerprint density at radius 3 is 2.54 bits per heavy atom. The van der Waals surface area contributed by atoms with Crippen LogP contribution in [0.4, 0.5) is 5.69 Å². The van der Waals surface area contributed by atoms with Crippen LogP contribution in [-0.2, 0) is 0 Å². The summed E-state index contributed by atoms with van der Waals surface area (Å²) in [5.41, 5.74) is 2.63. The number of halogens is 1. The highest BCUT2D eigenvalue weighted by molar-refractivity contribution is 6.34. The minimum atomic E-state index is -0.371. The number of rotatable bonds is 5. The molecule has 0 spiro atoms. The minimum Gasteiger partial charge on any atom is -0.349 e. The molecule has 2 amide bonds. The predicted molar refractivity (Wildman–Crippen MR) is 108 cm³/mol. The first-order valence-electron chi connectivity index (χ1n) is 9.06. The van der Waals surface area contributed by atoms with E-state index in [1.165, 1.54) is 4.68 Å². The average molecular weight is 395 g/mol. The molecule has 1 heterocycles. The van der Waals surface area contributed by atoms with Gasteiger partial charge in [0.05, 0.1) is 11.4 Å². The van der Waals surface area contributed by atoms with Gasteiger partial charge in [0, 0.05) is 17.3 Å². The molecular formula is C21H19ClN4O2. The molecule has 1 aromatic heterocycles. The lowest BCUT2D eigenvalue weighted by molar-refractivity contribution is 0.0949. The minimum absolute atomic E-state index is 0.135. The first kappa shape index (κ1) is 18.3. The molecule has 0 aliphatic heterocycles. The number of para-hydroxylation sites is 1. The molecule has 7 heteroatoms. The van der Waals surface area contributed by atoms with Crippen molar-refractivity contribution in [1.29, 1.82) is 0 Å². The van der Waals surface area contributed by atoms with E-state index in [1.807, 2.05) is 30.3 Å². The maximum atomic E-state index is 12.8. The molecule has 0 unspecified atom stereocenters. The van der Waals surface area contributed by atoms with Crippen molar-refractivity contribution in [3.8, 4) is 5.69 Å². The summed E-state index contributed by atoms with van der Waals surface area (Å²) >= 11 is 6.45. The molecule has 0 saturated heterocycles. The average Bonchev–Trinajstić information content (AvgIpc) is 3.45. The van der Waals surface area contributed by atoms with Crippen molar-refractivity contribution < 1.29 is 9.59 Å². The Labute approximate surface area is 167 Å². The summed E-state index contributed by atoms with van der Waals surface area (Å²) < 4.78 is 1.53. The van der Waals surface area contributed by atoms with E-state index >= 15 is 0 Å². The molecule has 28 heavy (non-hydrogen) atoms. The molecule has 142 valence electrons. The van der Waals surface area contributed by atoms with Gasteiger partial charge in [0.1, 0.15) is 10.7 Å². The van der Waals surface area contributed by atoms with E-state index in [4.69, 9.17) is 11.6 Å². The van der Waals surface area contributed by atoms with E-state index in [0.29, 0.717) is 22.5 Å². The molecule has 1 fully saturated rings. The molecule has 0 atom stereocenters. The lowest BCUT2D eigenvalue weighted by atomic mass is 10.1. The molecule has 0 radical (unpaired) electrons. The normalized spacial score (nSPS) is 13.2. The third kappa shape index (κ3) is 3.77. The van der Waals surface area contributed by atoms with Gasteiger partial charge in [-0.25, -0.2) is 4.68 Å². The highest BCUT2D eigenvalue weighted by atomic mass is 35.5. The highest BCUT2D eigenvalue weighted by Gasteiger charge is 2.24. The van der Waals surface area contributed by atoms with E-state index in [2.05, 4.69) is 15.7 Å². The second kappa shape index (κ2) is 7.48. The number of amides is 2. The summed E-state index contributed by atoms with van der Waals surface area (Å²) in [7, 11) is 0. The number of hydrogen-bond acceptors (Lipinski definition) is 3. The van der Waals surface area contributed by atoms with Crippen LogP contribution in [0.25, 0.3) is 5.69 Å². The zero-order valence-electron chi connectivity index (χ0n) is 15.3. The monoisotopic (exact) mass is 394 g/mol. The Kier molecular flexibility index (Phi) is 4.88. The van der Waals surface area contributed by atoms with Crippen LogP contribution in [0.2, 0.25) is 5.15 Å². The van der Waals surface area contributed by atoms with Crippen molar-refractivity contribution >= 4 is 29.1 Å². The van der Waals surface area contributed by atoms with E-state index in [1.54, 1.807) is 31.2 Å². The van der Waals surface area contributed by atoms with Gasteiger partial charge in [0.2, 0.25) is 0 Å². The van der Waals surface area contributed by atoms with Gasteiger partial charge in [-0.15, -0.1) is 0 Å². The van der Waals surface area contributed by atoms with Crippen LogP contribution < -0.4 is 10.6 Å². The van der Waals surface area contributed by atoms with Crippen LogP contribution >= 0.6 is 11.6 Å². The zero-order valence-corrected chi connectivity index (χ0v) is 16.0. The summed E-state index contributed by atoms with van der Waals surface area (Å²) in [5, 5.41) is 10.4. The summed E-state index contributed by atoms with van der Waals surface area (Å²) in [5.74, 6) is -0.505.